The quantitative estimate of drug-likeness (QED) is 0.0213. The van der Waals surface area contributed by atoms with Crippen LogP contribution in [0.25, 0.3) is 0 Å². The van der Waals surface area contributed by atoms with Crippen LogP contribution in [0.5, 0.6) is 0 Å². The Labute approximate surface area is 413 Å². The van der Waals surface area contributed by atoms with Gasteiger partial charge in [0.15, 0.2) is 0 Å². The van der Waals surface area contributed by atoms with Crippen molar-refractivity contribution in [2.45, 2.75) is 213 Å². The topological polar surface area (TPSA) is 91.3 Å². The molecule has 0 aliphatic heterocycles. The molecule has 0 rings (SSSR count). The Morgan fingerprint density at radius 1 is 0.478 bits per heavy atom. The molecule has 0 radical (unpaired) electrons. The van der Waals surface area contributed by atoms with Crippen LogP contribution in [0.3, 0.4) is 0 Å². The van der Waals surface area contributed by atoms with Gasteiger partial charge in [-0.3, -0.25) is 13.8 Å². The normalized spacial score (nSPS) is 14.3. The summed E-state index contributed by atoms with van der Waals surface area (Å²) in [4.78, 5) is 23.0. The lowest BCUT2D eigenvalue weighted by atomic mass is 10.1. The van der Waals surface area contributed by atoms with Crippen molar-refractivity contribution in [3.8, 4) is 0 Å². The highest BCUT2D eigenvalue weighted by Crippen LogP contribution is 2.43. The summed E-state index contributed by atoms with van der Waals surface area (Å²) in [6.45, 7) is 5.39. The van der Waals surface area contributed by atoms with E-state index in [0.717, 1.165) is 83.5 Å². The molecule has 0 aromatic rings. The molecule has 2 atom stereocenters. The standard InChI is InChI=1S/C58H102NO7P/c1-6-8-10-12-14-16-18-20-22-24-26-28-29-30-32-34-36-38-40-42-44-46-48-50-53-63-55-57(56-65-67(61,62)64-54-52-59(3,4)5)66-58(60)51-49-47-45-43-41-39-37-35-33-31-27-25-23-21-19-17-15-13-11-9-7-2/h8,10,14,16,20,22,25-28,30,32,36,38,42,44,57H,6-7,9,11-13,15,17-19,21,23-24,29,31,33-35,37,39-41,43,45-56H2,1-5H3/p+1/b10-8-,16-14-,22-20-,27-25-,28-26-,32-30-,38-36-,44-42-. The molecule has 0 aliphatic carbocycles. The van der Waals surface area contributed by atoms with Crippen molar-refractivity contribution in [3.05, 3.63) is 97.2 Å². The molecule has 0 heterocycles. The number of carbonyl (C=O) groups is 1. The number of esters is 1. The van der Waals surface area contributed by atoms with Crippen LogP contribution >= 0.6 is 7.82 Å². The van der Waals surface area contributed by atoms with Crippen LogP contribution in [-0.4, -0.2) is 75.6 Å². The SMILES string of the molecule is CC/C=C\C/C=C\C/C=C\C/C=C\C/C=C\C/C=C\C/C=C\CCCCOCC(COP(=O)(O)OCC[N+](C)(C)C)OC(=O)CCCCCCCCCCC/C=C\CCCCCCCCCC. The molecule has 0 spiro atoms. The van der Waals surface area contributed by atoms with E-state index in [1.54, 1.807) is 0 Å². The number of carbonyl (C=O) groups excluding carboxylic acids is 1. The molecule has 8 nitrogen and oxygen atoms in total. The van der Waals surface area contributed by atoms with E-state index in [9.17, 15) is 14.3 Å². The van der Waals surface area contributed by atoms with E-state index in [2.05, 4.69) is 111 Å². The molecular weight excluding hydrogens is 854 g/mol. The van der Waals surface area contributed by atoms with Gasteiger partial charge < -0.3 is 18.9 Å². The molecule has 386 valence electrons. The fraction of sp³-hybridized carbons (Fsp3) is 0.707. The maximum Gasteiger partial charge on any atom is 0.472 e. The number of unbranched alkanes of at least 4 members (excludes halogenated alkanes) is 19. The largest absolute Gasteiger partial charge is 0.472 e. The van der Waals surface area contributed by atoms with E-state index >= 15 is 0 Å². The second kappa shape index (κ2) is 49.8. The van der Waals surface area contributed by atoms with E-state index in [-0.39, 0.29) is 25.8 Å². The third-order valence-corrected chi connectivity index (χ3v) is 12.1. The Morgan fingerprint density at radius 3 is 1.31 bits per heavy atom. The van der Waals surface area contributed by atoms with Gasteiger partial charge in [-0.25, -0.2) is 4.57 Å². The summed E-state index contributed by atoms with van der Waals surface area (Å²) in [5, 5.41) is 0. The summed E-state index contributed by atoms with van der Waals surface area (Å²) < 4.78 is 35.1. The molecule has 0 amide bonds. The molecule has 1 N–H and O–H groups in total. The summed E-state index contributed by atoms with van der Waals surface area (Å²) in [5.41, 5.74) is 0. The summed E-state index contributed by atoms with van der Waals surface area (Å²) in [6, 6.07) is 0. The fourth-order valence-corrected chi connectivity index (χ4v) is 7.74. The number of allylic oxidation sites excluding steroid dienone is 16. The van der Waals surface area contributed by atoms with Crippen molar-refractivity contribution < 1.29 is 37.3 Å². The lowest BCUT2D eigenvalue weighted by Gasteiger charge is -2.24. The van der Waals surface area contributed by atoms with Crippen molar-refractivity contribution >= 4 is 13.8 Å². The van der Waals surface area contributed by atoms with Crippen molar-refractivity contribution in [1.29, 1.82) is 0 Å². The Bertz CT molecular complexity index is 1390. The first-order chi connectivity index (χ1) is 32.6. The lowest BCUT2D eigenvalue weighted by molar-refractivity contribution is -0.870. The number of ether oxygens (including phenoxy) is 2. The lowest BCUT2D eigenvalue weighted by Crippen LogP contribution is -2.37. The smallest absolute Gasteiger partial charge is 0.457 e. The number of rotatable bonds is 49. The van der Waals surface area contributed by atoms with Crippen LogP contribution in [-0.2, 0) is 27.9 Å². The summed E-state index contributed by atoms with van der Waals surface area (Å²) in [6.07, 6.45) is 69.0. The highest BCUT2D eigenvalue weighted by Gasteiger charge is 2.26. The molecule has 0 aromatic heterocycles. The first-order valence-corrected chi connectivity index (χ1v) is 28.5. The third kappa shape index (κ3) is 54.2. The zero-order valence-corrected chi connectivity index (χ0v) is 44.7. The first-order valence-electron chi connectivity index (χ1n) is 27.0. The number of nitrogens with zero attached hydrogens (tertiary/aromatic N) is 1. The predicted molar refractivity (Wildman–Crippen MR) is 288 cm³/mol. The Kier molecular flexibility index (Phi) is 47.9. The average Bonchev–Trinajstić information content (AvgIpc) is 3.29. The highest BCUT2D eigenvalue weighted by atomic mass is 31.2. The van der Waals surface area contributed by atoms with E-state index < -0.39 is 13.9 Å². The minimum absolute atomic E-state index is 0.0745. The number of hydrogen-bond acceptors (Lipinski definition) is 6. The second-order valence-electron chi connectivity index (χ2n) is 18.9. The number of hydrogen-bond donors (Lipinski definition) is 1. The predicted octanol–water partition coefficient (Wildman–Crippen LogP) is 16.9. The van der Waals surface area contributed by atoms with E-state index in [4.69, 9.17) is 18.5 Å². The number of quaternary nitrogens is 1. The van der Waals surface area contributed by atoms with Gasteiger partial charge in [-0.15, -0.1) is 0 Å². The molecule has 0 aliphatic rings. The van der Waals surface area contributed by atoms with Crippen molar-refractivity contribution in [1.82, 2.24) is 0 Å². The first kappa shape index (κ1) is 64.4. The molecule has 9 heteroatoms. The number of likely N-dealkylation sites (N-methyl/N-ethyl adjacent to an activating group) is 1. The molecular formula is C58H103NO7P+. The zero-order chi connectivity index (χ0) is 49.0. The van der Waals surface area contributed by atoms with E-state index in [0.29, 0.717) is 24.1 Å². The van der Waals surface area contributed by atoms with Gasteiger partial charge in [-0.05, 0) is 96.3 Å². The zero-order valence-electron chi connectivity index (χ0n) is 43.9. The average molecular weight is 957 g/mol. The van der Waals surface area contributed by atoms with Gasteiger partial charge >= 0.3 is 13.8 Å². The summed E-state index contributed by atoms with van der Waals surface area (Å²) in [5.74, 6) is -0.333. The van der Waals surface area contributed by atoms with Crippen molar-refractivity contribution in [2.75, 3.05) is 54.1 Å². The summed E-state index contributed by atoms with van der Waals surface area (Å²) >= 11 is 0. The highest BCUT2D eigenvalue weighted by molar-refractivity contribution is 7.47. The molecule has 67 heavy (non-hydrogen) atoms. The molecule has 2 unspecified atom stereocenters. The molecule has 0 bridgehead atoms. The van der Waals surface area contributed by atoms with Crippen LogP contribution in [0.4, 0.5) is 0 Å². The van der Waals surface area contributed by atoms with Crippen LogP contribution in [0.2, 0.25) is 0 Å². The minimum atomic E-state index is -4.30. The van der Waals surface area contributed by atoms with Gasteiger partial charge in [0.05, 0.1) is 34.4 Å². The van der Waals surface area contributed by atoms with E-state index in [1.165, 1.54) is 103 Å². The fourth-order valence-electron chi connectivity index (χ4n) is 7.00. The van der Waals surface area contributed by atoms with E-state index in [1.807, 2.05) is 21.1 Å². The Hall–Kier alpha value is -2.58. The van der Waals surface area contributed by atoms with Crippen LogP contribution < -0.4 is 0 Å². The number of phosphoric ester groups is 1. The van der Waals surface area contributed by atoms with Gasteiger partial charge in [-0.1, -0.05) is 201 Å². The molecule has 0 aromatic carbocycles. The monoisotopic (exact) mass is 957 g/mol. The van der Waals surface area contributed by atoms with Gasteiger partial charge in [0.25, 0.3) is 0 Å². The van der Waals surface area contributed by atoms with Crippen molar-refractivity contribution in [2.24, 2.45) is 0 Å². The number of phosphoric acid groups is 1. The van der Waals surface area contributed by atoms with Gasteiger partial charge in [-0.2, -0.15) is 0 Å². The van der Waals surface area contributed by atoms with Gasteiger partial charge in [0, 0.05) is 13.0 Å². The Morgan fingerprint density at radius 2 is 0.866 bits per heavy atom. The van der Waals surface area contributed by atoms with Gasteiger partial charge in [0.2, 0.25) is 0 Å². The summed E-state index contributed by atoms with van der Waals surface area (Å²) in [7, 11) is 1.63. The maximum absolute atomic E-state index is 12.8. The molecule has 0 saturated heterocycles. The van der Waals surface area contributed by atoms with Crippen LogP contribution in [0.1, 0.15) is 206 Å². The second-order valence-corrected chi connectivity index (χ2v) is 20.3. The molecule has 0 fully saturated rings. The molecule has 0 saturated carbocycles. The van der Waals surface area contributed by atoms with Gasteiger partial charge in [0.1, 0.15) is 19.3 Å². The van der Waals surface area contributed by atoms with Crippen molar-refractivity contribution in [3.63, 3.8) is 0 Å². The van der Waals surface area contributed by atoms with Crippen LogP contribution in [0, 0.1) is 0 Å². The minimum Gasteiger partial charge on any atom is -0.457 e. The Balaban J connectivity index is 4.24. The third-order valence-electron chi connectivity index (χ3n) is 11.1. The maximum atomic E-state index is 12.8. The van der Waals surface area contributed by atoms with Crippen LogP contribution in [0.15, 0.2) is 97.2 Å².